The first-order valence-electron chi connectivity index (χ1n) is 8.15. The zero-order valence-electron chi connectivity index (χ0n) is 14.2. The number of anilines is 1. The third kappa shape index (κ3) is 3.15. The van der Waals surface area contributed by atoms with Crippen LogP contribution in [0.3, 0.4) is 0 Å². The van der Waals surface area contributed by atoms with E-state index in [1.807, 2.05) is 60.7 Å². The van der Waals surface area contributed by atoms with Gasteiger partial charge in [0.2, 0.25) is 5.88 Å². The van der Waals surface area contributed by atoms with Crippen LogP contribution in [0.4, 0.5) is 5.69 Å². The molecule has 0 unspecified atom stereocenters. The molecule has 0 saturated carbocycles. The smallest absolute Gasteiger partial charge is 0.219 e. The van der Waals surface area contributed by atoms with E-state index in [1.165, 1.54) is 0 Å². The van der Waals surface area contributed by atoms with E-state index < -0.39 is 0 Å². The van der Waals surface area contributed by atoms with Crippen molar-refractivity contribution >= 4 is 16.6 Å². The first kappa shape index (κ1) is 15.9. The van der Waals surface area contributed by atoms with Crippen molar-refractivity contribution in [3.8, 4) is 28.5 Å². The first-order valence-corrected chi connectivity index (χ1v) is 8.15. The molecule has 0 atom stereocenters. The minimum absolute atomic E-state index is 0.512. The lowest BCUT2D eigenvalue weighted by molar-refractivity contribution is 0.415. The van der Waals surface area contributed by atoms with Crippen LogP contribution in [0, 0.1) is 0 Å². The van der Waals surface area contributed by atoms with Crippen molar-refractivity contribution in [3.05, 3.63) is 73.1 Å². The van der Waals surface area contributed by atoms with E-state index >= 15 is 0 Å². The van der Waals surface area contributed by atoms with Crippen LogP contribution >= 0.6 is 0 Å². The van der Waals surface area contributed by atoms with E-state index in [0.29, 0.717) is 17.3 Å². The summed E-state index contributed by atoms with van der Waals surface area (Å²) in [4.78, 5) is 8.64. The van der Waals surface area contributed by atoms with Gasteiger partial charge in [-0.25, -0.2) is 4.98 Å². The van der Waals surface area contributed by atoms with Gasteiger partial charge in [-0.05, 0) is 48.0 Å². The second-order valence-electron chi connectivity index (χ2n) is 5.81. The summed E-state index contributed by atoms with van der Waals surface area (Å²) < 4.78 is 11.4. The summed E-state index contributed by atoms with van der Waals surface area (Å²) in [6, 6.07) is 18.9. The Morgan fingerprint density at radius 3 is 2.77 bits per heavy atom. The summed E-state index contributed by atoms with van der Waals surface area (Å²) in [6.07, 6.45) is 3.49. The molecule has 4 rings (SSSR count). The van der Waals surface area contributed by atoms with Crippen LogP contribution in [-0.4, -0.2) is 17.1 Å². The van der Waals surface area contributed by atoms with Gasteiger partial charge in [0.1, 0.15) is 11.5 Å². The van der Waals surface area contributed by atoms with Crippen molar-refractivity contribution in [1.29, 1.82) is 0 Å². The van der Waals surface area contributed by atoms with Crippen LogP contribution in [0.15, 0.2) is 73.1 Å². The minimum atomic E-state index is 0.512. The average Bonchev–Trinajstić information content (AvgIpc) is 2.69. The fraction of sp³-hybridized carbons (Fsp3) is 0.0476. The van der Waals surface area contributed by atoms with E-state index in [-0.39, 0.29) is 0 Å². The molecule has 128 valence electrons. The van der Waals surface area contributed by atoms with Crippen molar-refractivity contribution in [2.24, 2.45) is 0 Å². The minimum Gasteiger partial charge on any atom is -0.497 e. The zero-order valence-corrected chi connectivity index (χ0v) is 14.2. The third-order valence-corrected chi connectivity index (χ3v) is 4.06. The molecule has 26 heavy (non-hydrogen) atoms. The van der Waals surface area contributed by atoms with Gasteiger partial charge in [-0.3, -0.25) is 4.98 Å². The lowest BCUT2D eigenvalue weighted by Gasteiger charge is -2.13. The van der Waals surface area contributed by atoms with Crippen LogP contribution in [0.2, 0.25) is 0 Å². The fourth-order valence-corrected chi connectivity index (χ4v) is 2.77. The maximum absolute atomic E-state index is 6.07. The van der Waals surface area contributed by atoms with Crippen molar-refractivity contribution in [2.45, 2.75) is 0 Å². The number of hydrogen-bond donors (Lipinski definition) is 1. The van der Waals surface area contributed by atoms with Gasteiger partial charge in [0.25, 0.3) is 0 Å². The molecule has 2 N–H and O–H groups in total. The van der Waals surface area contributed by atoms with Crippen LogP contribution < -0.4 is 15.2 Å². The van der Waals surface area contributed by atoms with Crippen LogP contribution in [0.25, 0.3) is 22.0 Å². The molecule has 0 aliphatic heterocycles. The molecule has 2 heterocycles. The van der Waals surface area contributed by atoms with E-state index in [0.717, 1.165) is 27.8 Å². The van der Waals surface area contributed by atoms with Gasteiger partial charge in [-0.2, -0.15) is 0 Å². The number of methoxy groups -OCH3 is 1. The molecule has 0 saturated heterocycles. The maximum Gasteiger partial charge on any atom is 0.219 e. The predicted octanol–water partition coefficient (Wildman–Crippen LogP) is 4.68. The third-order valence-electron chi connectivity index (χ3n) is 4.06. The molecule has 0 bridgehead atoms. The number of nitrogens with zero attached hydrogens (tertiary/aromatic N) is 2. The highest BCUT2D eigenvalue weighted by Gasteiger charge is 2.10. The lowest BCUT2D eigenvalue weighted by Crippen LogP contribution is -1.94. The van der Waals surface area contributed by atoms with Gasteiger partial charge in [-0.1, -0.05) is 12.1 Å². The molecule has 5 nitrogen and oxygen atoms in total. The molecular weight excluding hydrogens is 326 g/mol. The molecule has 0 fully saturated rings. The first-order chi connectivity index (χ1) is 12.7. The standard InChI is InChI=1S/C21H17N3O2/c1-25-17-4-2-3-14(11-17)18-12-16(22)6-7-20(18)26-21-8-5-15-13-23-10-9-19(15)24-21/h2-13H,22H2,1H3. The van der Waals surface area contributed by atoms with Crippen molar-refractivity contribution in [3.63, 3.8) is 0 Å². The molecule has 2 aromatic heterocycles. The zero-order chi connectivity index (χ0) is 17.9. The van der Waals surface area contributed by atoms with E-state index in [1.54, 1.807) is 19.5 Å². The summed E-state index contributed by atoms with van der Waals surface area (Å²) in [5.41, 5.74) is 9.31. The molecule has 0 aliphatic carbocycles. The largest absolute Gasteiger partial charge is 0.497 e. The number of aromatic nitrogens is 2. The molecule has 2 aromatic carbocycles. The van der Waals surface area contributed by atoms with Crippen LogP contribution in [0.5, 0.6) is 17.4 Å². The highest BCUT2D eigenvalue weighted by atomic mass is 16.5. The second kappa shape index (κ2) is 6.72. The molecule has 0 spiro atoms. The number of benzene rings is 2. The van der Waals surface area contributed by atoms with Crippen LogP contribution in [0.1, 0.15) is 0 Å². The topological polar surface area (TPSA) is 70.3 Å². The summed E-state index contributed by atoms with van der Waals surface area (Å²) in [5.74, 6) is 1.96. The average molecular weight is 343 g/mol. The predicted molar refractivity (Wildman–Crippen MR) is 102 cm³/mol. The van der Waals surface area contributed by atoms with Gasteiger partial charge in [0.15, 0.2) is 0 Å². The Labute approximate surface area is 151 Å². The highest BCUT2D eigenvalue weighted by Crippen LogP contribution is 2.36. The quantitative estimate of drug-likeness (QED) is 0.545. The Bertz CT molecular complexity index is 1080. The number of ether oxygens (including phenoxy) is 2. The number of nitrogen functional groups attached to an aromatic ring is 1. The van der Waals surface area contributed by atoms with Gasteiger partial charge in [-0.15, -0.1) is 0 Å². The van der Waals surface area contributed by atoms with Gasteiger partial charge in [0.05, 0.1) is 12.6 Å². The SMILES string of the molecule is COc1cccc(-c2cc(N)ccc2Oc2ccc3cnccc3n2)c1. The number of rotatable bonds is 4. The van der Waals surface area contributed by atoms with E-state index in [2.05, 4.69) is 9.97 Å². The molecule has 0 aliphatic rings. The maximum atomic E-state index is 6.07. The summed E-state index contributed by atoms with van der Waals surface area (Å²) in [7, 11) is 1.64. The van der Waals surface area contributed by atoms with Crippen molar-refractivity contribution < 1.29 is 9.47 Å². The summed E-state index contributed by atoms with van der Waals surface area (Å²) in [5, 5.41) is 0.963. The lowest BCUT2D eigenvalue weighted by atomic mass is 10.0. The highest BCUT2D eigenvalue weighted by molar-refractivity contribution is 5.78. The van der Waals surface area contributed by atoms with Gasteiger partial charge < -0.3 is 15.2 Å². The Hall–Kier alpha value is -3.60. The molecule has 5 heteroatoms. The van der Waals surface area contributed by atoms with Crippen molar-refractivity contribution in [1.82, 2.24) is 9.97 Å². The molecular formula is C21H17N3O2. The molecule has 0 radical (unpaired) electrons. The normalized spacial score (nSPS) is 10.7. The Kier molecular flexibility index (Phi) is 4.11. The monoisotopic (exact) mass is 343 g/mol. The second-order valence-corrected chi connectivity index (χ2v) is 5.81. The van der Waals surface area contributed by atoms with Crippen LogP contribution in [-0.2, 0) is 0 Å². The molecule has 0 amide bonds. The number of pyridine rings is 2. The van der Waals surface area contributed by atoms with E-state index in [9.17, 15) is 0 Å². The van der Waals surface area contributed by atoms with E-state index in [4.69, 9.17) is 15.2 Å². The number of nitrogens with two attached hydrogens (primary N) is 1. The summed E-state index contributed by atoms with van der Waals surface area (Å²) in [6.45, 7) is 0. The van der Waals surface area contributed by atoms with Gasteiger partial charge in [0, 0.05) is 35.1 Å². The van der Waals surface area contributed by atoms with Crippen molar-refractivity contribution in [2.75, 3.05) is 12.8 Å². The molecule has 4 aromatic rings. The Balaban J connectivity index is 1.76. The number of hydrogen-bond acceptors (Lipinski definition) is 5. The number of fused-ring (bicyclic) bond motifs is 1. The van der Waals surface area contributed by atoms with Gasteiger partial charge >= 0.3 is 0 Å². The Morgan fingerprint density at radius 2 is 1.88 bits per heavy atom. The fourth-order valence-electron chi connectivity index (χ4n) is 2.77. The summed E-state index contributed by atoms with van der Waals surface area (Å²) >= 11 is 0. The Morgan fingerprint density at radius 1 is 0.962 bits per heavy atom.